The van der Waals surface area contributed by atoms with Crippen LogP contribution in [0.25, 0.3) is 0 Å². The molecule has 1 fully saturated rings. The Hall–Kier alpha value is -0.370. The monoisotopic (exact) mass is 253 g/mol. The van der Waals surface area contributed by atoms with Gasteiger partial charge in [-0.25, -0.2) is 0 Å². The van der Waals surface area contributed by atoms with Crippen LogP contribution in [0.4, 0.5) is 0 Å². The van der Waals surface area contributed by atoms with Crippen molar-refractivity contribution in [2.24, 2.45) is 16.7 Å². The lowest BCUT2D eigenvalue weighted by Crippen LogP contribution is -2.44. The summed E-state index contributed by atoms with van der Waals surface area (Å²) in [5.74, 6) is 0.836. The number of piperidine rings is 1. The minimum Gasteiger partial charge on any atom is -0.303 e. The number of hydrogen-bond donors (Lipinski definition) is 0. The standard InChI is InChI=1S/C16H31NO/c1-6-16(7-2,13-18)12-17-10-8-14(9-11-17)15(3,4)5/h13-14H,6-12H2,1-5H3. The third-order valence-electron chi connectivity index (χ3n) is 5.01. The average molecular weight is 253 g/mol. The van der Waals surface area contributed by atoms with Crippen LogP contribution in [0.2, 0.25) is 0 Å². The van der Waals surface area contributed by atoms with Gasteiger partial charge < -0.3 is 9.69 Å². The van der Waals surface area contributed by atoms with E-state index >= 15 is 0 Å². The molecule has 1 saturated heterocycles. The van der Waals surface area contributed by atoms with E-state index < -0.39 is 0 Å². The topological polar surface area (TPSA) is 20.3 Å². The number of aldehydes is 1. The summed E-state index contributed by atoms with van der Waals surface area (Å²) in [5, 5.41) is 0. The molecule has 0 amide bonds. The number of carbonyl (C=O) groups is 1. The van der Waals surface area contributed by atoms with E-state index in [9.17, 15) is 4.79 Å². The van der Waals surface area contributed by atoms with Crippen LogP contribution >= 0.6 is 0 Å². The Labute approximate surface area is 113 Å². The van der Waals surface area contributed by atoms with Gasteiger partial charge in [-0.2, -0.15) is 0 Å². The van der Waals surface area contributed by atoms with Crippen LogP contribution in [0, 0.1) is 16.7 Å². The molecule has 0 atom stereocenters. The van der Waals surface area contributed by atoms with Gasteiger partial charge in [0.1, 0.15) is 6.29 Å². The number of carbonyl (C=O) groups excluding carboxylic acids is 1. The van der Waals surface area contributed by atoms with E-state index in [-0.39, 0.29) is 5.41 Å². The Morgan fingerprint density at radius 3 is 1.94 bits per heavy atom. The van der Waals surface area contributed by atoms with Crippen LogP contribution in [0.1, 0.15) is 60.3 Å². The van der Waals surface area contributed by atoms with Crippen molar-refractivity contribution >= 4 is 6.29 Å². The average Bonchev–Trinajstić information content (AvgIpc) is 2.36. The van der Waals surface area contributed by atoms with E-state index in [2.05, 4.69) is 39.5 Å². The molecule has 106 valence electrons. The van der Waals surface area contributed by atoms with E-state index in [4.69, 9.17) is 0 Å². The van der Waals surface area contributed by atoms with E-state index in [1.807, 2.05) is 0 Å². The molecule has 0 aliphatic carbocycles. The molecule has 2 nitrogen and oxygen atoms in total. The molecule has 0 spiro atoms. The number of likely N-dealkylation sites (tertiary alicyclic amines) is 1. The first kappa shape index (κ1) is 15.7. The zero-order valence-corrected chi connectivity index (χ0v) is 13.0. The minimum atomic E-state index is -0.103. The second kappa shape index (κ2) is 6.18. The molecule has 0 aromatic rings. The van der Waals surface area contributed by atoms with Crippen LogP contribution in [-0.4, -0.2) is 30.8 Å². The van der Waals surface area contributed by atoms with E-state index in [0.29, 0.717) is 5.41 Å². The van der Waals surface area contributed by atoms with Crippen molar-refractivity contribution in [2.45, 2.75) is 60.3 Å². The van der Waals surface area contributed by atoms with Crippen molar-refractivity contribution in [1.29, 1.82) is 0 Å². The van der Waals surface area contributed by atoms with Crippen molar-refractivity contribution in [1.82, 2.24) is 4.90 Å². The van der Waals surface area contributed by atoms with E-state index in [0.717, 1.165) is 38.4 Å². The summed E-state index contributed by atoms with van der Waals surface area (Å²) in [5.41, 5.74) is 0.331. The summed E-state index contributed by atoms with van der Waals surface area (Å²) in [7, 11) is 0. The molecule has 0 saturated carbocycles. The molecule has 0 N–H and O–H groups in total. The maximum absolute atomic E-state index is 11.4. The van der Waals surface area contributed by atoms with Gasteiger partial charge in [0, 0.05) is 12.0 Å². The highest BCUT2D eigenvalue weighted by Crippen LogP contribution is 2.35. The lowest BCUT2D eigenvalue weighted by atomic mass is 9.74. The van der Waals surface area contributed by atoms with Crippen molar-refractivity contribution < 1.29 is 4.79 Å². The molecule has 0 aromatic heterocycles. The van der Waals surface area contributed by atoms with Gasteiger partial charge >= 0.3 is 0 Å². The lowest BCUT2D eigenvalue weighted by molar-refractivity contribution is -0.118. The number of hydrogen-bond acceptors (Lipinski definition) is 2. The smallest absolute Gasteiger partial charge is 0.127 e. The molecule has 0 radical (unpaired) electrons. The van der Waals surface area contributed by atoms with Gasteiger partial charge in [0.15, 0.2) is 0 Å². The molecule has 1 heterocycles. The molecule has 2 heteroatoms. The molecule has 0 bridgehead atoms. The van der Waals surface area contributed by atoms with Crippen LogP contribution in [0.3, 0.4) is 0 Å². The molecule has 1 rings (SSSR count). The largest absolute Gasteiger partial charge is 0.303 e. The fourth-order valence-electron chi connectivity index (χ4n) is 3.08. The fourth-order valence-corrected chi connectivity index (χ4v) is 3.08. The molecule has 1 aliphatic heterocycles. The first-order valence-corrected chi connectivity index (χ1v) is 7.55. The minimum absolute atomic E-state index is 0.103. The van der Waals surface area contributed by atoms with Crippen LogP contribution in [0.5, 0.6) is 0 Å². The van der Waals surface area contributed by atoms with E-state index in [1.54, 1.807) is 0 Å². The summed E-state index contributed by atoms with van der Waals surface area (Å²) < 4.78 is 0. The third kappa shape index (κ3) is 3.81. The zero-order valence-electron chi connectivity index (χ0n) is 13.0. The number of nitrogens with zero attached hydrogens (tertiary/aromatic N) is 1. The van der Waals surface area contributed by atoms with Gasteiger partial charge in [-0.05, 0) is 50.1 Å². The van der Waals surface area contributed by atoms with Gasteiger partial charge in [-0.1, -0.05) is 34.6 Å². The lowest BCUT2D eigenvalue weighted by Gasteiger charge is -2.41. The highest BCUT2D eigenvalue weighted by Gasteiger charge is 2.33. The Bertz CT molecular complexity index is 255. The Morgan fingerprint density at radius 1 is 1.11 bits per heavy atom. The third-order valence-corrected chi connectivity index (χ3v) is 5.01. The van der Waals surface area contributed by atoms with Crippen molar-refractivity contribution in [3.8, 4) is 0 Å². The highest BCUT2D eigenvalue weighted by molar-refractivity contribution is 5.59. The molecule has 18 heavy (non-hydrogen) atoms. The summed E-state index contributed by atoms with van der Waals surface area (Å²) in [6.07, 6.45) is 5.69. The van der Waals surface area contributed by atoms with Crippen LogP contribution in [0.15, 0.2) is 0 Å². The van der Waals surface area contributed by atoms with Crippen molar-refractivity contribution in [3.63, 3.8) is 0 Å². The highest BCUT2D eigenvalue weighted by atomic mass is 16.1. The molecule has 0 unspecified atom stereocenters. The quantitative estimate of drug-likeness (QED) is 0.696. The normalized spacial score (nSPS) is 20.1. The van der Waals surface area contributed by atoms with Crippen molar-refractivity contribution in [3.05, 3.63) is 0 Å². The molecular weight excluding hydrogens is 222 g/mol. The van der Waals surface area contributed by atoms with Crippen LogP contribution in [-0.2, 0) is 4.79 Å². The Kier molecular flexibility index (Phi) is 5.39. The zero-order chi connectivity index (χ0) is 13.8. The fraction of sp³-hybridized carbons (Fsp3) is 0.938. The first-order chi connectivity index (χ1) is 8.37. The predicted molar refractivity (Wildman–Crippen MR) is 77.7 cm³/mol. The maximum Gasteiger partial charge on any atom is 0.127 e. The maximum atomic E-state index is 11.4. The van der Waals surface area contributed by atoms with Gasteiger partial charge in [-0.3, -0.25) is 0 Å². The van der Waals surface area contributed by atoms with E-state index in [1.165, 1.54) is 19.1 Å². The summed E-state index contributed by atoms with van der Waals surface area (Å²) >= 11 is 0. The molecule has 0 aromatic carbocycles. The second-order valence-corrected chi connectivity index (χ2v) is 7.10. The van der Waals surface area contributed by atoms with Gasteiger partial charge in [0.25, 0.3) is 0 Å². The van der Waals surface area contributed by atoms with Crippen molar-refractivity contribution in [2.75, 3.05) is 19.6 Å². The second-order valence-electron chi connectivity index (χ2n) is 7.10. The Balaban J connectivity index is 2.51. The van der Waals surface area contributed by atoms with Gasteiger partial charge in [0.2, 0.25) is 0 Å². The SMILES string of the molecule is CCC(C=O)(CC)CN1CCC(C(C)(C)C)CC1. The summed E-state index contributed by atoms with van der Waals surface area (Å²) in [6.45, 7) is 14.6. The van der Waals surface area contributed by atoms with Crippen LogP contribution < -0.4 is 0 Å². The number of rotatable bonds is 5. The summed E-state index contributed by atoms with van der Waals surface area (Å²) in [6, 6.07) is 0. The summed E-state index contributed by atoms with van der Waals surface area (Å²) in [4.78, 5) is 13.9. The molecular formula is C16H31NO. The predicted octanol–water partition coefficient (Wildman–Crippen LogP) is 3.75. The first-order valence-electron chi connectivity index (χ1n) is 7.55. The van der Waals surface area contributed by atoms with Gasteiger partial charge in [0.05, 0.1) is 0 Å². The van der Waals surface area contributed by atoms with Gasteiger partial charge in [-0.15, -0.1) is 0 Å². The molecule has 1 aliphatic rings. The Morgan fingerprint density at radius 2 is 1.61 bits per heavy atom.